The van der Waals surface area contributed by atoms with Crippen molar-refractivity contribution >= 4 is 21.4 Å². The van der Waals surface area contributed by atoms with Gasteiger partial charge in [-0.3, -0.25) is 4.79 Å². The lowest BCUT2D eigenvalue weighted by Gasteiger charge is -2.42. The van der Waals surface area contributed by atoms with Crippen LogP contribution in [0.4, 0.5) is 0 Å². The quantitative estimate of drug-likeness (QED) is 0.0923. The van der Waals surface area contributed by atoms with E-state index in [0.717, 1.165) is 6.42 Å². The van der Waals surface area contributed by atoms with E-state index in [0.29, 0.717) is 11.7 Å². The summed E-state index contributed by atoms with van der Waals surface area (Å²) in [5.74, 6) is 0.622. The van der Waals surface area contributed by atoms with Gasteiger partial charge in [0.05, 0.1) is 30.8 Å². The Hall–Kier alpha value is 0.0169. The number of ketones is 1. The second kappa shape index (κ2) is 16.9. The lowest BCUT2D eigenvalue weighted by atomic mass is 9.84. The minimum atomic E-state index is -1.96. The van der Waals surface area contributed by atoms with E-state index in [9.17, 15) is 4.79 Å². The lowest BCUT2D eigenvalue weighted by molar-refractivity contribution is -0.128. The first-order valence-electron chi connectivity index (χ1n) is 15.3. The van der Waals surface area contributed by atoms with E-state index in [4.69, 9.17) is 4.43 Å². The Morgan fingerprint density at radius 3 is 1.69 bits per heavy atom. The first-order chi connectivity index (χ1) is 16.6. The fourth-order valence-electron chi connectivity index (χ4n) is 5.18. The van der Waals surface area contributed by atoms with Crippen molar-refractivity contribution in [1.29, 1.82) is 0 Å². The predicted octanol–water partition coefficient (Wildman–Crippen LogP) is 10.6. The molecule has 0 rings (SSSR count). The van der Waals surface area contributed by atoms with Gasteiger partial charge in [0.1, 0.15) is 5.78 Å². The number of hydrogen-bond acceptors (Lipinski definition) is 2. The van der Waals surface area contributed by atoms with Crippen LogP contribution in [0.3, 0.4) is 0 Å². The van der Waals surface area contributed by atoms with Crippen molar-refractivity contribution in [1.82, 2.24) is 0 Å². The molecular formula is C32H66O2PSi+. The summed E-state index contributed by atoms with van der Waals surface area (Å²) in [6.45, 7) is 29.6. The van der Waals surface area contributed by atoms with Crippen LogP contribution in [0.15, 0.2) is 11.6 Å². The third-order valence-electron chi connectivity index (χ3n) is 8.91. The van der Waals surface area contributed by atoms with Crippen molar-refractivity contribution < 1.29 is 9.22 Å². The second-order valence-corrected chi connectivity index (χ2v) is 22.5. The van der Waals surface area contributed by atoms with Crippen molar-refractivity contribution in [3.05, 3.63) is 11.6 Å². The molecule has 0 aliphatic carbocycles. The van der Waals surface area contributed by atoms with Crippen molar-refractivity contribution in [2.24, 2.45) is 17.8 Å². The number of allylic oxidation sites excluding steroid dienone is 2. The van der Waals surface area contributed by atoms with Gasteiger partial charge >= 0.3 is 0 Å². The van der Waals surface area contributed by atoms with Crippen molar-refractivity contribution in [2.75, 3.05) is 24.6 Å². The Bertz CT molecular complexity index is 627. The van der Waals surface area contributed by atoms with Gasteiger partial charge in [0, 0.05) is 19.1 Å². The van der Waals surface area contributed by atoms with E-state index in [1.165, 1.54) is 68.7 Å². The van der Waals surface area contributed by atoms with E-state index in [2.05, 4.69) is 95.3 Å². The molecule has 2 nitrogen and oxygen atoms in total. The van der Waals surface area contributed by atoms with Crippen LogP contribution in [0.25, 0.3) is 0 Å². The average molecular weight is 542 g/mol. The fraction of sp³-hybridized carbons (Fsp3) is 0.906. The molecule has 4 heteroatoms. The molecule has 36 heavy (non-hydrogen) atoms. The Morgan fingerprint density at radius 2 is 1.33 bits per heavy atom. The zero-order chi connectivity index (χ0) is 28.2. The molecule has 0 aromatic carbocycles. The molecule has 214 valence electrons. The summed E-state index contributed by atoms with van der Waals surface area (Å²) in [4.78, 5) is 13.8. The fourth-order valence-corrected chi connectivity index (χ4v) is 11.9. The largest absolute Gasteiger partial charge is 0.413 e. The van der Waals surface area contributed by atoms with Crippen molar-refractivity contribution in [3.63, 3.8) is 0 Å². The minimum Gasteiger partial charge on any atom is -0.413 e. The van der Waals surface area contributed by atoms with Crippen LogP contribution in [0.1, 0.15) is 121 Å². The second-order valence-electron chi connectivity index (χ2n) is 13.5. The molecule has 0 heterocycles. The Kier molecular flexibility index (Phi) is 16.9. The number of carbonyl (C=O) groups is 1. The summed E-state index contributed by atoms with van der Waals surface area (Å²) < 4.78 is 6.91. The van der Waals surface area contributed by atoms with Gasteiger partial charge < -0.3 is 4.43 Å². The maximum atomic E-state index is 13.8. The predicted molar refractivity (Wildman–Crippen MR) is 170 cm³/mol. The van der Waals surface area contributed by atoms with E-state index < -0.39 is 15.6 Å². The first-order valence-corrected chi connectivity index (χ1v) is 20.8. The molecule has 0 radical (unpaired) electrons. The molecule has 0 spiro atoms. The topological polar surface area (TPSA) is 26.3 Å². The maximum absolute atomic E-state index is 13.8. The molecule has 0 aliphatic heterocycles. The Morgan fingerprint density at radius 1 is 0.889 bits per heavy atom. The summed E-state index contributed by atoms with van der Waals surface area (Å²) >= 11 is 0. The van der Waals surface area contributed by atoms with E-state index >= 15 is 0 Å². The van der Waals surface area contributed by atoms with Gasteiger partial charge in [-0.25, -0.2) is 0 Å². The van der Waals surface area contributed by atoms with E-state index in [-0.39, 0.29) is 23.0 Å². The highest BCUT2D eigenvalue weighted by Gasteiger charge is 2.43. The highest BCUT2D eigenvalue weighted by atomic mass is 31.2. The SMILES string of the molecule is CCCC[P+](CCCC)(CCCC)C/C(C)=C/[C@@H](C)C(=O)[C@@H](C)[C@H](O[Si](C)(C)C(C)(C)C)[C@@H](C)CC. The van der Waals surface area contributed by atoms with Crippen LogP contribution in [-0.2, 0) is 9.22 Å². The van der Waals surface area contributed by atoms with Gasteiger partial charge in [-0.15, -0.1) is 0 Å². The van der Waals surface area contributed by atoms with Gasteiger partial charge in [-0.2, -0.15) is 0 Å². The molecule has 0 aliphatic rings. The third kappa shape index (κ3) is 11.8. The standard InChI is InChI=1S/C32H66O2PSi/c1-14-18-21-35(22-19-15-2,23-20-16-3)25-26(5)24-28(7)30(33)29(8)31(27(6)17-4)34-36(12,13)32(9,10)11/h24,27-29,31H,14-23,25H2,1-13H3/q+1/b26-24+/t27-,28+,29+,31+/m0/s1. The highest BCUT2D eigenvalue weighted by Crippen LogP contribution is 2.61. The zero-order valence-electron chi connectivity index (χ0n) is 26.9. The van der Waals surface area contributed by atoms with Crippen LogP contribution in [-0.4, -0.2) is 44.9 Å². The van der Waals surface area contributed by atoms with Crippen LogP contribution in [0.2, 0.25) is 18.1 Å². The lowest BCUT2D eigenvalue weighted by Crippen LogP contribution is -2.49. The summed E-state index contributed by atoms with van der Waals surface area (Å²) in [6.07, 6.45) is 16.9. The van der Waals surface area contributed by atoms with Crippen LogP contribution < -0.4 is 0 Å². The van der Waals surface area contributed by atoms with Gasteiger partial charge in [0.2, 0.25) is 0 Å². The molecule has 0 fully saturated rings. The third-order valence-corrected chi connectivity index (χ3v) is 18.3. The number of rotatable bonds is 19. The average Bonchev–Trinajstić information content (AvgIpc) is 2.80. The first kappa shape index (κ1) is 36.0. The Labute approximate surface area is 229 Å². The number of unbranched alkanes of at least 4 members (excludes halogenated alkanes) is 3. The van der Waals surface area contributed by atoms with Crippen molar-refractivity contribution in [3.8, 4) is 0 Å². The van der Waals surface area contributed by atoms with Crippen LogP contribution in [0, 0.1) is 17.8 Å². The summed E-state index contributed by atoms with van der Waals surface area (Å²) in [5, 5.41) is 0.145. The van der Waals surface area contributed by atoms with Crippen molar-refractivity contribution in [2.45, 2.75) is 145 Å². The normalized spacial score (nSPS) is 17.1. The van der Waals surface area contributed by atoms with Gasteiger partial charge in [-0.05, 0) is 55.8 Å². The molecule has 0 saturated carbocycles. The molecule has 0 N–H and O–H groups in total. The molecule has 4 atom stereocenters. The number of hydrogen-bond donors (Lipinski definition) is 0. The summed E-state index contributed by atoms with van der Waals surface area (Å²) in [5.41, 5.74) is 1.46. The molecule has 0 bridgehead atoms. The monoisotopic (exact) mass is 541 g/mol. The number of Topliss-reactive ketones (excluding diaryl/α,β-unsaturated/α-hetero) is 1. The Balaban J connectivity index is 5.80. The number of carbonyl (C=O) groups excluding carboxylic acids is 1. The van der Waals surface area contributed by atoms with E-state index in [1.54, 1.807) is 0 Å². The molecule has 0 aromatic rings. The molecule has 0 amide bonds. The molecule has 0 aromatic heterocycles. The maximum Gasteiger partial charge on any atom is 0.192 e. The van der Waals surface area contributed by atoms with E-state index in [1.807, 2.05) is 0 Å². The smallest absolute Gasteiger partial charge is 0.192 e. The highest BCUT2D eigenvalue weighted by molar-refractivity contribution is 7.76. The van der Waals surface area contributed by atoms with Gasteiger partial charge in [0.15, 0.2) is 8.32 Å². The van der Waals surface area contributed by atoms with Gasteiger partial charge in [-0.1, -0.05) is 101 Å². The van der Waals surface area contributed by atoms with Crippen LogP contribution in [0.5, 0.6) is 0 Å². The summed E-state index contributed by atoms with van der Waals surface area (Å²) in [6, 6.07) is 0. The van der Waals surface area contributed by atoms with Gasteiger partial charge in [0.25, 0.3) is 0 Å². The molecular weight excluding hydrogens is 475 g/mol. The molecule has 0 unspecified atom stereocenters. The zero-order valence-corrected chi connectivity index (χ0v) is 28.8. The minimum absolute atomic E-state index is 0.00445. The summed E-state index contributed by atoms with van der Waals surface area (Å²) in [7, 11) is -2.95. The van der Waals surface area contributed by atoms with Crippen LogP contribution >= 0.6 is 7.26 Å². The molecule has 0 saturated heterocycles.